The Morgan fingerprint density at radius 2 is 1.85 bits per heavy atom. The average Bonchev–Trinajstić information content (AvgIpc) is 3.05. The van der Waals surface area contributed by atoms with Crippen molar-refractivity contribution in [3.8, 4) is 0 Å². The third-order valence-electron chi connectivity index (χ3n) is 5.48. The molecule has 0 bridgehead atoms. The first-order valence-electron chi connectivity index (χ1n) is 8.76. The highest BCUT2D eigenvalue weighted by molar-refractivity contribution is 6.09. The Labute approximate surface area is 153 Å². The van der Waals surface area contributed by atoms with Gasteiger partial charge in [-0.2, -0.15) is 0 Å². The fourth-order valence-corrected chi connectivity index (χ4v) is 4.02. The second kappa shape index (κ2) is 6.39. The zero-order chi connectivity index (χ0) is 19.2. The van der Waals surface area contributed by atoms with Crippen molar-refractivity contribution in [3.63, 3.8) is 0 Å². The van der Waals surface area contributed by atoms with Crippen LogP contribution in [0.25, 0.3) is 0 Å². The monoisotopic (exact) mass is 359 g/mol. The highest BCUT2D eigenvalue weighted by Gasteiger charge is 2.66. The third kappa shape index (κ3) is 2.58. The van der Waals surface area contributed by atoms with E-state index in [0.29, 0.717) is 0 Å². The first kappa shape index (κ1) is 18.4. The summed E-state index contributed by atoms with van der Waals surface area (Å²) in [5.74, 6) is -2.48. The number of fused-ring (bicyclic) bond motifs is 1. The number of anilines is 1. The van der Waals surface area contributed by atoms with Crippen molar-refractivity contribution < 1.29 is 19.1 Å². The molecule has 140 valence electrons. The van der Waals surface area contributed by atoms with Gasteiger partial charge in [0.1, 0.15) is 5.54 Å². The number of nitrogens with one attached hydrogen (secondary N) is 1. The van der Waals surface area contributed by atoms with Crippen LogP contribution in [0.3, 0.4) is 0 Å². The molecule has 0 spiro atoms. The lowest BCUT2D eigenvalue weighted by molar-refractivity contribution is -0.155. The number of carbonyl (C=O) groups is 3. The molecule has 3 rings (SSSR count). The van der Waals surface area contributed by atoms with Crippen LogP contribution in [-0.2, 0) is 19.1 Å². The van der Waals surface area contributed by atoms with Crippen LogP contribution in [0.5, 0.6) is 0 Å². The number of rotatable bonds is 4. The van der Waals surface area contributed by atoms with E-state index < -0.39 is 29.4 Å². The van der Waals surface area contributed by atoms with Gasteiger partial charge >= 0.3 is 5.97 Å². The fourth-order valence-electron chi connectivity index (χ4n) is 4.02. The van der Waals surface area contributed by atoms with Gasteiger partial charge in [-0.3, -0.25) is 24.6 Å². The van der Waals surface area contributed by atoms with Gasteiger partial charge in [0.05, 0.1) is 18.4 Å². The minimum Gasteiger partial charge on any atom is -0.465 e. The van der Waals surface area contributed by atoms with Gasteiger partial charge in [-0.15, -0.1) is 0 Å². The van der Waals surface area contributed by atoms with Crippen molar-refractivity contribution in [2.24, 2.45) is 11.8 Å². The first-order chi connectivity index (χ1) is 12.2. The van der Waals surface area contributed by atoms with E-state index in [-0.39, 0.29) is 18.4 Å². The van der Waals surface area contributed by atoms with Gasteiger partial charge in [-0.1, -0.05) is 12.1 Å². The zero-order valence-electron chi connectivity index (χ0n) is 15.8. The van der Waals surface area contributed by atoms with Crippen LogP contribution in [0.2, 0.25) is 0 Å². The van der Waals surface area contributed by atoms with E-state index in [1.54, 1.807) is 13.8 Å². The number of carbonyl (C=O) groups excluding carboxylic acids is 3. The van der Waals surface area contributed by atoms with E-state index in [1.807, 2.05) is 43.3 Å². The number of imide groups is 1. The van der Waals surface area contributed by atoms with Gasteiger partial charge < -0.3 is 9.64 Å². The Morgan fingerprint density at radius 3 is 2.38 bits per heavy atom. The highest BCUT2D eigenvalue weighted by atomic mass is 16.5. The van der Waals surface area contributed by atoms with E-state index >= 15 is 0 Å². The van der Waals surface area contributed by atoms with Gasteiger partial charge in [0, 0.05) is 32.9 Å². The summed E-state index contributed by atoms with van der Waals surface area (Å²) < 4.78 is 5.20. The lowest BCUT2D eigenvalue weighted by Gasteiger charge is -2.28. The molecular weight excluding hydrogens is 334 g/mol. The van der Waals surface area contributed by atoms with Gasteiger partial charge in [-0.05, 0) is 31.5 Å². The van der Waals surface area contributed by atoms with E-state index in [1.165, 1.54) is 7.05 Å². The lowest BCUT2D eigenvalue weighted by atomic mass is 9.80. The number of ether oxygens (including phenoxy) is 1. The number of hydrogen-bond acceptors (Lipinski definition) is 6. The van der Waals surface area contributed by atoms with Crippen LogP contribution in [0, 0.1) is 11.8 Å². The molecule has 1 N–H and O–H groups in total. The number of benzene rings is 1. The Morgan fingerprint density at radius 1 is 1.23 bits per heavy atom. The Kier molecular flexibility index (Phi) is 4.52. The van der Waals surface area contributed by atoms with Gasteiger partial charge in [0.25, 0.3) is 0 Å². The molecule has 0 aromatic heterocycles. The summed E-state index contributed by atoms with van der Waals surface area (Å²) in [6, 6.07) is 7.34. The molecular formula is C19H25N3O4. The quantitative estimate of drug-likeness (QED) is 0.637. The number of hydrogen-bond donors (Lipinski definition) is 1. The van der Waals surface area contributed by atoms with Gasteiger partial charge in [0.2, 0.25) is 11.8 Å². The molecule has 0 radical (unpaired) electrons. The predicted octanol–water partition coefficient (Wildman–Crippen LogP) is 0.950. The number of nitrogens with zero attached hydrogens (tertiary/aromatic N) is 2. The fraction of sp³-hybridized carbons (Fsp3) is 0.526. The molecule has 1 aromatic rings. The Bertz CT molecular complexity index is 746. The molecule has 4 atom stereocenters. The molecule has 1 aromatic carbocycles. The number of likely N-dealkylation sites (tertiary alicyclic amines) is 1. The zero-order valence-corrected chi connectivity index (χ0v) is 15.8. The van der Waals surface area contributed by atoms with Crippen LogP contribution in [-0.4, -0.2) is 56.0 Å². The SMILES string of the molecule is CCOC(=O)[C@]1(C)N[C@H](c2ccc(N(C)C)cc2)[C@H]2C(=O)N(C)C(=O)[C@@H]21. The Balaban J connectivity index is 2.02. The normalized spacial score (nSPS) is 30.5. The average molecular weight is 359 g/mol. The molecule has 0 saturated carbocycles. The van der Waals surface area contributed by atoms with Crippen LogP contribution in [0.4, 0.5) is 5.69 Å². The lowest BCUT2D eigenvalue weighted by Crippen LogP contribution is -2.53. The molecule has 7 heteroatoms. The summed E-state index contributed by atoms with van der Waals surface area (Å²) in [6.07, 6.45) is 0. The summed E-state index contributed by atoms with van der Waals surface area (Å²) in [4.78, 5) is 41.2. The van der Waals surface area contributed by atoms with Gasteiger partial charge in [-0.25, -0.2) is 0 Å². The minimum absolute atomic E-state index is 0.216. The number of amides is 2. The van der Waals surface area contributed by atoms with Crippen molar-refractivity contribution >= 4 is 23.5 Å². The smallest absolute Gasteiger partial charge is 0.326 e. The summed E-state index contributed by atoms with van der Waals surface area (Å²) in [5.41, 5.74) is 0.667. The molecule has 2 aliphatic rings. The van der Waals surface area contributed by atoms with Crippen LogP contribution < -0.4 is 10.2 Å². The molecule has 2 amide bonds. The summed E-state index contributed by atoms with van der Waals surface area (Å²) in [5, 5.41) is 3.24. The summed E-state index contributed by atoms with van der Waals surface area (Å²) in [6.45, 7) is 3.59. The van der Waals surface area contributed by atoms with Crippen molar-refractivity contribution in [2.45, 2.75) is 25.4 Å². The number of esters is 1. The van der Waals surface area contributed by atoms with Crippen LogP contribution in [0.15, 0.2) is 24.3 Å². The molecule has 0 unspecified atom stereocenters. The van der Waals surface area contributed by atoms with E-state index in [4.69, 9.17) is 4.74 Å². The third-order valence-corrected chi connectivity index (χ3v) is 5.48. The van der Waals surface area contributed by atoms with Crippen LogP contribution >= 0.6 is 0 Å². The molecule has 7 nitrogen and oxygen atoms in total. The summed E-state index contributed by atoms with van der Waals surface area (Å²) in [7, 11) is 5.37. The van der Waals surface area contributed by atoms with Gasteiger partial charge in [0.15, 0.2) is 0 Å². The van der Waals surface area contributed by atoms with Crippen molar-refractivity contribution in [3.05, 3.63) is 29.8 Å². The topological polar surface area (TPSA) is 79.0 Å². The standard InChI is InChI=1S/C19H25N3O4/c1-6-26-18(25)19(2)14-13(16(23)22(5)17(14)24)15(20-19)11-7-9-12(10-8-11)21(3)4/h7-10,13-15,20H,6H2,1-5H3/t13-,14+,15+,19+/m0/s1. The second-order valence-corrected chi connectivity index (χ2v) is 7.27. The van der Waals surface area contributed by atoms with Crippen molar-refractivity contribution in [2.75, 3.05) is 32.6 Å². The van der Waals surface area contributed by atoms with E-state index in [2.05, 4.69) is 5.32 Å². The molecule has 2 aliphatic heterocycles. The maximum atomic E-state index is 12.7. The minimum atomic E-state index is -1.23. The molecule has 2 saturated heterocycles. The molecule has 0 aliphatic carbocycles. The highest BCUT2D eigenvalue weighted by Crippen LogP contribution is 2.48. The maximum Gasteiger partial charge on any atom is 0.326 e. The molecule has 26 heavy (non-hydrogen) atoms. The van der Waals surface area contributed by atoms with Crippen LogP contribution in [0.1, 0.15) is 25.5 Å². The Hall–Kier alpha value is -2.41. The maximum absolute atomic E-state index is 12.7. The van der Waals surface area contributed by atoms with E-state index in [9.17, 15) is 14.4 Å². The predicted molar refractivity (Wildman–Crippen MR) is 96.4 cm³/mol. The second-order valence-electron chi connectivity index (χ2n) is 7.27. The van der Waals surface area contributed by atoms with E-state index in [0.717, 1.165) is 16.2 Å². The van der Waals surface area contributed by atoms with Crippen molar-refractivity contribution in [1.29, 1.82) is 0 Å². The molecule has 2 heterocycles. The van der Waals surface area contributed by atoms with Crippen molar-refractivity contribution in [1.82, 2.24) is 10.2 Å². The largest absolute Gasteiger partial charge is 0.465 e. The molecule has 2 fully saturated rings. The first-order valence-corrected chi connectivity index (χ1v) is 8.76. The summed E-state index contributed by atoms with van der Waals surface area (Å²) >= 11 is 0.